The third-order valence-corrected chi connectivity index (χ3v) is 3.99. The van der Waals surface area contributed by atoms with E-state index in [-0.39, 0.29) is 18.4 Å². The van der Waals surface area contributed by atoms with Gasteiger partial charge in [0.15, 0.2) is 0 Å². The molecule has 0 unspecified atom stereocenters. The Morgan fingerprint density at radius 1 is 1.09 bits per heavy atom. The van der Waals surface area contributed by atoms with Crippen LogP contribution in [0.25, 0.3) is 10.8 Å². The fourth-order valence-electron chi connectivity index (χ4n) is 2.96. The normalized spacial score (nSPS) is 12.5. The Kier molecular flexibility index (Phi) is 3.98. The third-order valence-electron chi connectivity index (χ3n) is 3.99. The predicted molar refractivity (Wildman–Crippen MR) is 92.6 cm³/mol. The predicted octanol–water partition coefficient (Wildman–Crippen LogP) is 3.00. The van der Waals surface area contributed by atoms with Crippen LogP contribution in [0.15, 0.2) is 61.7 Å². The maximum Gasteiger partial charge on any atom is 0.259 e. The van der Waals surface area contributed by atoms with E-state index in [0.29, 0.717) is 18.7 Å². The smallest absolute Gasteiger partial charge is 0.259 e. The topological polar surface area (TPSA) is 40.6 Å². The summed E-state index contributed by atoms with van der Waals surface area (Å²) in [6, 6.07) is 11.4. The molecule has 0 radical (unpaired) electrons. The van der Waals surface area contributed by atoms with Crippen LogP contribution in [-0.2, 0) is 4.79 Å². The molecule has 0 fully saturated rings. The van der Waals surface area contributed by atoms with E-state index in [0.717, 1.165) is 16.5 Å². The van der Waals surface area contributed by atoms with Crippen molar-refractivity contribution in [2.24, 2.45) is 0 Å². The van der Waals surface area contributed by atoms with E-state index in [1.54, 1.807) is 22.0 Å². The first-order valence-electron chi connectivity index (χ1n) is 7.50. The van der Waals surface area contributed by atoms with Crippen molar-refractivity contribution in [2.45, 2.75) is 0 Å². The number of amides is 2. The Labute approximate surface area is 135 Å². The van der Waals surface area contributed by atoms with Crippen LogP contribution in [0.1, 0.15) is 10.4 Å². The molecule has 2 amide bonds. The zero-order chi connectivity index (χ0) is 16.4. The minimum Gasteiger partial charge on any atom is -0.334 e. The average molecular weight is 306 g/mol. The van der Waals surface area contributed by atoms with Crippen molar-refractivity contribution in [2.75, 3.05) is 24.5 Å². The summed E-state index contributed by atoms with van der Waals surface area (Å²) in [7, 11) is 0. The highest BCUT2D eigenvalue weighted by atomic mass is 16.2. The Morgan fingerprint density at radius 2 is 1.74 bits per heavy atom. The maximum atomic E-state index is 12.7. The molecule has 116 valence electrons. The zero-order valence-electron chi connectivity index (χ0n) is 12.9. The summed E-state index contributed by atoms with van der Waals surface area (Å²) in [4.78, 5) is 28.4. The van der Waals surface area contributed by atoms with Crippen LogP contribution in [0.2, 0.25) is 0 Å². The molecular formula is C19H18N2O2. The lowest BCUT2D eigenvalue weighted by Crippen LogP contribution is -2.41. The first-order valence-corrected chi connectivity index (χ1v) is 7.50. The van der Waals surface area contributed by atoms with Crippen LogP contribution in [-0.4, -0.2) is 36.3 Å². The SMILES string of the molecule is C=CCN(CC=C)C(=O)CN1C(=O)c2cccc3cccc1c23. The van der Waals surface area contributed by atoms with Gasteiger partial charge in [-0.05, 0) is 17.5 Å². The van der Waals surface area contributed by atoms with Gasteiger partial charge < -0.3 is 4.90 Å². The molecule has 0 aliphatic carbocycles. The van der Waals surface area contributed by atoms with Crippen LogP contribution in [0.5, 0.6) is 0 Å². The zero-order valence-corrected chi connectivity index (χ0v) is 12.9. The Bertz CT molecular complexity index is 795. The van der Waals surface area contributed by atoms with Crippen molar-refractivity contribution in [3.8, 4) is 0 Å². The second-order valence-corrected chi connectivity index (χ2v) is 5.45. The lowest BCUT2D eigenvalue weighted by Gasteiger charge is -2.23. The summed E-state index contributed by atoms with van der Waals surface area (Å²) < 4.78 is 0. The first kappa shape index (κ1) is 15.0. The van der Waals surface area contributed by atoms with E-state index >= 15 is 0 Å². The molecule has 0 saturated heterocycles. The maximum absolute atomic E-state index is 12.7. The first-order chi connectivity index (χ1) is 11.2. The number of benzene rings is 2. The molecule has 3 rings (SSSR count). The van der Waals surface area contributed by atoms with Gasteiger partial charge in [0.05, 0.1) is 5.69 Å². The highest BCUT2D eigenvalue weighted by molar-refractivity contribution is 6.26. The van der Waals surface area contributed by atoms with Gasteiger partial charge >= 0.3 is 0 Å². The second-order valence-electron chi connectivity index (χ2n) is 5.45. The fourth-order valence-corrected chi connectivity index (χ4v) is 2.96. The average Bonchev–Trinajstić information content (AvgIpc) is 2.83. The van der Waals surface area contributed by atoms with Crippen molar-refractivity contribution in [3.05, 3.63) is 67.3 Å². The highest BCUT2D eigenvalue weighted by Gasteiger charge is 2.31. The van der Waals surface area contributed by atoms with E-state index in [9.17, 15) is 9.59 Å². The lowest BCUT2D eigenvalue weighted by atomic mass is 10.1. The standard InChI is InChI=1S/C19H18N2O2/c1-3-11-20(12-4-2)17(22)13-21-16-10-6-8-14-7-5-9-15(18(14)16)19(21)23/h3-10H,1-2,11-13H2. The Balaban J connectivity index is 1.92. The van der Waals surface area contributed by atoms with Gasteiger partial charge in [-0.1, -0.05) is 36.4 Å². The molecule has 1 aliphatic rings. The molecule has 0 atom stereocenters. The van der Waals surface area contributed by atoms with Gasteiger partial charge in [0.1, 0.15) is 6.54 Å². The Hall–Kier alpha value is -2.88. The number of carbonyl (C=O) groups excluding carboxylic acids is 2. The number of hydrogen-bond acceptors (Lipinski definition) is 2. The van der Waals surface area contributed by atoms with Gasteiger partial charge in [-0.2, -0.15) is 0 Å². The molecule has 0 bridgehead atoms. The van der Waals surface area contributed by atoms with Crippen LogP contribution in [0.4, 0.5) is 5.69 Å². The molecule has 4 nitrogen and oxygen atoms in total. The summed E-state index contributed by atoms with van der Waals surface area (Å²) in [5, 5.41) is 1.93. The number of anilines is 1. The molecule has 1 aliphatic heterocycles. The van der Waals surface area contributed by atoms with Crippen molar-refractivity contribution in [1.29, 1.82) is 0 Å². The summed E-state index contributed by atoms with van der Waals surface area (Å²) in [6.07, 6.45) is 3.34. The number of carbonyl (C=O) groups is 2. The van der Waals surface area contributed by atoms with Crippen molar-refractivity contribution in [3.63, 3.8) is 0 Å². The highest BCUT2D eigenvalue weighted by Crippen LogP contribution is 2.36. The van der Waals surface area contributed by atoms with E-state index in [4.69, 9.17) is 0 Å². The molecule has 0 aromatic heterocycles. The van der Waals surface area contributed by atoms with Gasteiger partial charge in [0, 0.05) is 24.0 Å². The summed E-state index contributed by atoms with van der Waals surface area (Å²) in [6.45, 7) is 8.23. The summed E-state index contributed by atoms with van der Waals surface area (Å²) in [5.74, 6) is -0.245. The van der Waals surface area contributed by atoms with E-state index < -0.39 is 0 Å². The monoisotopic (exact) mass is 306 g/mol. The lowest BCUT2D eigenvalue weighted by molar-refractivity contribution is -0.128. The second kappa shape index (κ2) is 6.08. The molecule has 23 heavy (non-hydrogen) atoms. The summed E-state index contributed by atoms with van der Waals surface area (Å²) in [5.41, 5.74) is 1.46. The Morgan fingerprint density at radius 3 is 2.39 bits per heavy atom. The number of rotatable bonds is 6. The molecule has 4 heteroatoms. The minimum absolute atomic E-state index is 0.0221. The van der Waals surface area contributed by atoms with E-state index in [1.165, 1.54) is 0 Å². The molecule has 2 aromatic rings. The van der Waals surface area contributed by atoms with Gasteiger partial charge in [-0.3, -0.25) is 14.5 Å². The van der Waals surface area contributed by atoms with Crippen LogP contribution >= 0.6 is 0 Å². The van der Waals surface area contributed by atoms with E-state index in [1.807, 2.05) is 36.4 Å². The fraction of sp³-hybridized carbons (Fsp3) is 0.158. The van der Waals surface area contributed by atoms with Gasteiger partial charge in [0.2, 0.25) is 5.91 Å². The number of nitrogens with zero attached hydrogens (tertiary/aromatic N) is 2. The minimum atomic E-state index is -0.123. The summed E-state index contributed by atoms with van der Waals surface area (Å²) >= 11 is 0. The van der Waals surface area contributed by atoms with Crippen molar-refractivity contribution < 1.29 is 9.59 Å². The van der Waals surface area contributed by atoms with Crippen LogP contribution in [0, 0.1) is 0 Å². The molecule has 1 heterocycles. The van der Waals surface area contributed by atoms with Crippen LogP contribution < -0.4 is 4.90 Å². The van der Waals surface area contributed by atoms with Crippen LogP contribution in [0.3, 0.4) is 0 Å². The molecular weight excluding hydrogens is 288 g/mol. The molecule has 0 saturated carbocycles. The van der Waals surface area contributed by atoms with Crippen molar-refractivity contribution >= 4 is 28.3 Å². The largest absolute Gasteiger partial charge is 0.334 e. The van der Waals surface area contributed by atoms with Gasteiger partial charge in [0.25, 0.3) is 5.91 Å². The third kappa shape index (κ3) is 2.52. The molecule has 0 spiro atoms. The number of hydrogen-bond donors (Lipinski definition) is 0. The quantitative estimate of drug-likeness (QED) is 0.770. The molecule has 2 aromatic carbocycles. The van der Waals surface area contributed by atoms with Gasteiger partial charge in [-0.25, -0.2) is 0 Å². The van der Waals surface area contributed by atoms with Crippen molar-refractivity contribution in [1.82, 2.24) is 4.90 Å². The van der Waals surface area contributed by atoms with E-state index in [2.05, 4.69) is 13.2 Å². The van der Waals surface area contributed by atoms with Gasteiger partial charge in [-0.15, -0.1) is 13.2 Å². The molecule has 0 N–H and O–H groups in total.